The van der Waals surface area contributed by atoms with Crippen molar-refractivity contribution in [3.63, 3.8) is 0 Å². The van der Waals surface area contributed by atoms with Gasteiger partial charge >= 0.3 is 5.97 Å². The van der Waals surface area contributed by atoms with Crippen molar-refractivity contribution in [1.29, 1.82) is 0 Å². The van der Waals surface area contributed by atoms with Gasteiger partial charge in [0.05, 0.1) is 25.2 Å². The largest absolute Gasteiger partial charge is 0.497 e. The number of methoxy groups -OCH3 is 1. The highest BCUT2D eigenvalue weighted by atomic mass is 32.2. The Morgan fingerprint density at radius 1 is 1.07 bits per heavy atom. The molecule has 0 aliphatic carbocycles. The number of ether oxygens (including phenoxy) is 3. The zero-order valence-electron chi connectivity index (χ0n) is 16.1. The first-order valence-electron chi connectivity index (χ1n) is 9.15. The van der Waals surface area contributed by atoms with Gasteiger partial charge in [0.1, 0.15) is 12.4 Å². The van der Waals surface area contributed by atoms with Crippen LogP contribution in [0.3, 0.4) is 0 Å². The van der Waals surface area contributed by atoms with Gasteiger partial charge in [-0.05, 0) is 41.5 Å². The number of nitrogens with zero attached hydrogens (tertiary/aromatic N) is 1. The van der Waals surface area contributed by atoms with Crippen LogP contribution in [-0.2, 0) is 30.9 Å². The first-order chi connectivity index (χ1) is 14.0. The highest BCUT2D eigenvalue weighted by Crippen LogP contribution is 2.18. The fourth-order valence-electron chi connectivity index (χ4n) is 2.78. The molecule has 1 saturated heterocycles. The predicted molar refractivity (Wildman–Crippen MR) is 108 cm³/mol. The van der Waals surface area contributed by atoms with Crippen molar-refractivity contribution in [3.05, 3.63) is 65.7 Å². The number of morpholine rings is 1. The SMILES string of the molecule is COc1ccc(COC(=O)/C=C/c2ccc(S(=O)(=O)N3CCOCC3)cc2)cc1. The summed E-state index contributed by atoms with van der Waals surface area (Å²) < 4.78 is 42.1. The summed E-state index contributed by atoms with van der Waals surface area (Å²) in [7, 11) is -1.94. The second kappa shape index (κ2) is 9.69. The molecular formula is C21H23NO6S. The van der Waals surface area contributed by atoms with E-state index in [1.165, 1.54) is 22.5 Å². The summed E-state index contributed by atoms with van der Waals surface area (Å²) in [4.78, 5) is 12.1. The third-order valence-electron chi connectivity index (χ3n) is 4.44. The lowest BCUT2D eigenvalue weighted by molar-refractivity contribution is -0.138. The number of benzene rings is 2. The molecule has 1 aliphatic rings. The molecule has 0 amide bonds. The van der Waals surface area contributed by atoms with Crippen LogP contribution in [0.1, 0.15) is 11.1 Å². The number of sulfonamides is 1. The van der Waals surface area contributed by atoms with Crippen LogP contribution in [0, 0.1) is 0 Å². The Morgan fingerprint density at radius 2 is 1.72 bits per heavy atom. The van der Waals surface area contributed by atoms with Gasteiger partial charge in [-0.25, -0.2) is 13.2 Å². The van der Waals surface area contributed by atoms with Crippen LogP contribution in [0.25, 0.3) is 6.08 Å². The van der Waals surface area contributed by atoms with Crippen LogP contribution in [0.5, 0.6) is 5.75 Å². The summed E-state index contributed by atoms with van der Waals surface area (Å²) in [5.41, 5.74) is 1.55. The molecule has 8 heteroatoms. The van der Waals surface area contributed by atoms with Gasteiger partial charge in [-0.3, -0.25) is 0 Å². The Kier molecular flexibility index (Phi) is 7.03. The highest BCUT2D eigenvalue weighted by Gasteiger charge is 2.25. The molecule has 0 N–H and O–H groups in total. The van der Waals surface area contributed by atoms with Gasteiger partial charge in [0.15, 0.2) is 0 Å². The molecule has 0 aromatic heterocycles. The number of esters is 1. The van der Waals surface area contributed by atoms with Crippen molar-refractivity contribution in [3.8, 4) is 5.75 Å². The summed E-state index contributed by atoms with van der Waals surface area (Å²) in [5, 5.41) is 0. The van der Waals surface area contributed by atoms with Crippen LogP contribution in [0.4, 0.5) is 0 Å². The smallest absolute Gasteiger partial charge is 0.331 e. The molecule has 0 spiro atoms. The minimum Gasteiger partial charge on any atom is -0.497 e. The molecule has 29 heavy (non-hydrogen) atoms. The molecule has 154 valence electrons. The van der Waals surface area contributed by atoms with Crippen molar-refractivity contribution in [2.75, 3.05) is 33.4 Å². The van der Waals surface area contributed by atoms with Gasteiger partial charge in [0.25, 0.3) is 0 Å². The van der Waals surface area contributed by atoms with Crippen molar-refractivity contribution in [2.45, 2.75) is 11.5 Å². The fourth-order valence-corrected chi connectivity index (χ4v) is 4.18. The molecular weight excluding hydrogens is 394 g/mol. The van der Waals surface area contributed by atoms with Gasteiger partial charge in [0, 0.05) is 19.2 Å². The summed E-state index contributed by atoms with van der Waals surface area (Å²) in [6, 6.07) is 13.6. The monoisotopic (exact) mass is 417 g/mol. The van der Waals surface area contributed by atoms with Gasteiger partial charge < -0.3 is 14.2 Å². The third-order valence-corrected chi connectivity index (χ3v) is 6.35. The fraction of sp³-hybridized carbons (Fsp3) is 0.286. The Hall–Kier alpha value is -2.68. The van der Waals surface area contributed by atoms with E-state index in [-0.39, 0.29) is 11.5 Å². The maximum Gasteiger partial charge on any atom is 0.331 e. The lowest BCUT2D eigenvalue weighted by Crippen LogP contribution is -2.40. The van der Waals surface area contributed by atoms with E-state index in [2.05, 4.69) is 0 Å². The molecule has 2 aromatic rings. The minimum atomic E-state index is -3.53. The Balaban J connectivity index is 1.55. The van der Waals surface area contributed by atoms with Gasteiger partial charge in [-0.1, -0.05) is 24.3 Å². The normalized spacial score (nSPS) is 15.3. The van der Waals surface area contributed by atoms with E-state index < -0.39 is 16.0 Å². The van der Waals surface area contributed by atoms with Gasteiger partial charge in [-0.2, -0.15) is 4.31 Å². The molecule has 0 saturated carbocycles. The minimum absolute atomic E-state index is 0.157. The van der Waals surface area contributed by atoms with E-state index in [1.807, 2.05) is 12.1 Å². The van der Waals surface area contributed by atoms with E-state index in [0.717, 1.165) is 11.3 Å². The van der Waals surface area contributed by atoms with E-state index in [9.17, 15) is 13.2 Å². The predicted octanol–water partition coefficient (Wildman–Crippen LogP) is 2.47. The Bertz CT molecular complexity index is 946. The van der Waals surface area contributed by atoms with Crippen molar-refractivity contribution in [1.82, 2.24) is 4.31 Å². The maximum atomic E-state index is 12.6. The molecule has 2 aromatic carbocycles. The molecule has 1 fully saturated rings. The van der Waals surface area contributed by atoms with Crippen LogP contribution in [0.15, 0.2) is 59.5 Å². The summed E-state index contributed by atoms with van der Waals surface area (Å²) >= 11 is 0. The Morgan fingerprint density at radius 3 is 2.34 bits per heavy atom. The molecule has 1 heterocycles. The van der Waals surface area contributed by atoms with Crippen LogP contribution < -0.4 is 4.74 Å². The molecule has 1 aliphatic heterocycles. The topological polar surface area (TPSA) is 82.1 Å². The standard InChI is InChI=1S/C21H23NO6S/c1-26-19-7-2-18(3-8-19)16-28-21(23)11-6-17-4-9-20(10-5-17)29(24,25)22-12-14-27-15-13-22/h2-11H,12-16H2,1H3/b11-6+. The Labute approximate surface area is 170 Å². The van der Waals surface area contributed by atoms with E-state index in [4.69, 9.17) is 14.2 Å². The zero-order chi connectivity index (χ0) is 20.7. The first-order valence-corrected chi connectivity index (χ1v) is 10.6. The molecule has 0 atom stereocenters. The number of hydrogen-bond acceptors (Lipinski definition) is 6. The quantitative estimate of drug-likeness (QED) is 0.509. The van der Waals surface area contributed by atoms with E-state index >= 15 is 0 Å². The second-order valence-electron chi connectivity index (χ2n) is 6.37. The van der Waals surface area contributed by atoms with Gasteiger partial charge in [0.2, 0.25) is 10.0 Å². The first kappa shape index (κ1) is 21.0. The number of rotatable bonds is 7. The van der Waals surface area contributed by atoms with Crippen LogP contribution in [-0.4, -0.2) is 52.1 Å². The average Bonchev–Trinajstić information content (AvgIpc) is 2.77. The summed E-state index contributed by atoms with van der Waals surface area (Å²) in [6.07, 6.45) is 2.90. The maximum absolute atomic E-state index is 12.6. The van der Waals surface area contributed by atoms with E-state index in [0.29, 0.717) is 31.9 Å². The number of hydrogen-bond donors (Lipinski definition) is 0. The molecule has 0 unspecified atom stereocenters. The number of carbonyl (C=O) groups excluding carboxylic acids is 1. The van der Waals surface area contributed by atoms with E-state index in [1.54, 1.807) is 37.5 Å². The average molecular weight is 417 g/mol. The van der Waals surface area contributed by atoms with Crippen molar-refractivity contribution < 1.29 is 27.4 Å². The van der Waals surface area contributed by atoms with Crippen LogP contribution in [0.2, 0.25) is 0 Å². The number of carbonyl (C=O) groups is 1. The molecule has 0 radical (unpaired) electrons. The zero-order valence-corrected chi connectivity index (χ0v) is 16.9. The summed E-state index contributed by atoms with van der Waals surface area (Å²) in [5.74, 6) is 0.255. The molecule has 3 rings (SSSR count). The highest BCUT2D eigenvalue weighted by molar-refractivity contribution is 7.89. The van der Waals surface area contributed by atoms with Gasteiger partial charge in [-0.15, -0.1) is 0 Å². The second-order valence-corrected chi connectivity index (χ2v) is 8.31. The third kappa shape index (κ3) is 5.66. The van der Waals surface area contributed by atoms with Crippen molar-refractivity contribution >= 4 is 22.1 Å². The molecule has 0 bridgehead atoms. The van der Waals surface area contributed by atoms with Crippen molar-refractivity contribution in [2.24, 2.45) is 0 Å². The lowest BCUT2D eigenvalue weighted by Gasteiger charge is -2.26. The summed E-state index contributed by atoms with van der Waals surface area (Å²) in [6.45, 7) is 1.66. The molecule has 7 nitrogen and oxygen atoms in total. The van der Waals surface area contributed by atoms with Crippen LogP contribution >= 0.6 is 0 Å². The lowest BCUT2D eigenvalue weighted by atomic mass is 10.2.